The first-order chi connectivity index (χ1) is 8.72. The van der Waals surface area contributed by atoms with E-state index in [9.17, 15) is 0 Å². The molecular weight excluding hydrogens is 280 g/mol. The molecular formula is C13H25ClN4S. The van der Waals surface area contributed by atoms with Gasteiger partial charge in [-0.2, -0.15) is 0 Å². The number of thiazole rings is 1. The molecule has 1 unspecified atom stereocenters. The molecule has 0 bridgehead atoms. The van der Waals surface area contributed by atoms with Crippen molar-refractivity contribution in [2.75, 3.05) is 37.6 Å². The first-order valence-electron chi connectivity index (χ1n) is 6.88. The average molecular weight is 305 g/mol. The molecule has 0 radical (unpaired) electrons. The molecule has 0 aliphatic carbocycles. The van der Waals surface area contributed by atoms with Gasteiger partial charge in [-0.1, -0.05) is 0 Å². The minimum atomic E-state index is 0. The Morgan fingerprint density at radius 1 is 1.47 bits per heavy atom. The van der Waals surface area contributed by atoms with Crippen molar-refractivity contribution in [3.05, 3.63) is 11.1 Å². The highest BCUT2D eigenvalue weighted by molar-refractivity contribution is 7.15. The van der Waals surface area contributed by atoms with Crippen molar-refractivity contribution in [2.24, 2.45) is 0 Å². The van der Waals surface area contributed by atoms with E-state index in [1.54, 1.807) is 0 Å². The van der Waals surface area contributed by atoms with Crippen molar-refractivity contribution in [2.45, 2.75) is 33.4 Å². The third-order valence-electron chi connectivity index (χ3n) is 3.41. The highest BCUT2D eigenvalue weighted by Crippen LogP contribution is 2.23. The van der Waals surface area contributed by atoms with Gasteiger partial charge in [0.2, 0.25) is 0 Å². The van der Waals surface area contributed by atoms with Gasteiger partial charge in [0.15, 0.2) is 5.13 Å². The van der Waals surface area contributed by atoms with Crippen LogP contribution in [-0.4, -0.2) is 48.6 Å². The molecule has 1 fully saturated rings. The maximum Gasteiger partial charge on any atom is 0.185 e. The summed E-state index contributed by atoms with van der Waals surface area (Å²) in [7, 11) is 0. The normalized spacial score (nSPS) is 20.1. The Kier molecular flexibility index (Phi) is 7.07. The van der Waals surface area contributed by atoms with Crippen molar-refractivity contribution in [1.29, 1.82) is 0 Å². The summed E-state index contributed by atoms with van der Waals surface area (Å²) in [5, 5.41) is 4.64. The first kappa shape index (κ1) is 16.7. The number of hydrogen-bond donors (Lipinski definition) is 1. The Hall–Kier alpha value is -0.360. The van der Waals surface area contributed by atoms with Crippen molar-refractivity contribution in [3.8, 4) is 0 Å². The van der Waals surface area contributed by atoms with Crippen LogP contribution in [-0.2, 0) is 6.54 Å². The first-order valence-corrected chi connectivity index (χ1v) is 7.70. The molecule has 1 aliphatic heterocycles. The van der Waals surface area contributed by atoms with Crippen LogP contribution in [0, 0.1) is 0 Å². The molecule has 1 atom stereocenters. The molecule has 1 N–H and O–H groups in total. The minimum Gasteiger partial charge on any atom is -0.349 e. The minimum absolute atomic E-state index is 0. The highest BCUT2D eigenvalue weighted by Gasteiger charge is 2.17. The predicted octanol–water partition coefficient (Wildman–Crippen LogP) is 2.20. The van der Waals surface area contributed by atoms with Crippen molar-refractivity contribution in [3.63, 3.8) is 0 Å². The SMILES string of the molecule is CCN(CC)c1ncc(CN2CCNC(C)C2)s1.Cl. The number of aromatic nitrogens is 1. The lowest BCUT2D eigenvalue weighted by Gasteiger charge is -2.31. The van der Waals surface area contributed by atoms with E-state index < -0.39 is 0 Å². The topological polar surface area (TPSA) is 31.4 Å². The lowest BCUT2D eigenvalue weighted by Crippen LogP contribution is -2.48. The summed E-state index contributed by atoms with van der Waals surface area (Å²) >= 11 is 1.84. The van der Waals surface area contributed by atoms with Crippen LogP contribution in [0.5, 0.6) is 0 Å². The highest BCUT2D eigenvalue weighted by atomic mass is 35.5. The Balaban J connectivity index is 0.00000180. The summed E-state index contributed by atoms with van der Waals surface area (Å²) in [6.45, 7) is 13.1. The number of nitrogens with zero attached hydrogens (tertiary/aromatic N) is 3. The van der Waals surface area contributed by atoms with Crippen LogP contribution in [0.4, 0.5) is 5.13 Å². The lowest BCUT2D eigenvalue weighted by molar-refractivity contribution is 0.201. The van der Waals surface area contributed by atoms with Gasteiger partial charge >= 0.3 is 0 Å². The second-order valence-electron chi connectivity index (χ2n) is 4.87. The van der Waals surface area contributed by atoms with Gasteiger partial charge in [-0.25, -0.2) is 4.98 Å². The quantitative estimate of drug-likeness (QED) is 0.904. The van der Waals surface area contributed by atoms with E-state index in [1.807, 2.05) is 17.5 Å². The summed E-state index contributed by atoms with van der Waals surface area (Å²) in [5.74, 6) is 0. The second kappa shape index (κ2) is 8.04. The Labute approximate surface area is 126 Å². The summed E-state index contributed by atoms with van der Waals surface area (Å²) in [6.07, 6.45) is 2.05. The van der Waals surface area contributed by atoms with E-state index in [4.69, 9.17) is 0 Å². The zero-order valence-electron chi connectivity index (χ0n) is 12.1. The number of hydrogen-bond acceptors (Lipinski definition) is 5. The Morgan fingerprint density at radius 3 is 2.84 bits per heavy atom. The molecule has 19 heavy (non-hydrogen) atoms. The van der Waals surface area contributed by atoms with Crippen molar-refractivity contribution >= 4 is 28.9 Å². The summed E-state index contributed by atoms with van der Waals surface area (Å²) in [5.41, 5.74) is 0. The van der Waals surface area contributed by atoms with Gasteiger partial charge in [0.05, 0.1) is 0 Å². The smallest absolute Gasteiger partial charge is 0.185 e. The number of nitrogens with one attached hydrogen (secondary N) is 1. The van der Waals surface area contributed by atoms with Crippen LogP contribution < -0.4 is 10.2 Å². The molecule has 2 rings (SSSR count). The lowest BCUT2D eigenvalue weighted by atomic mass is 10.2. The zero-order valence-corrected chi connectivity index (χ0v) is 13.7. The predicted molar refractivity (Wildman–Crippen MR) is 85.7 cm³/mol. The molecule has 0 amide bonds. The van der Waals surface area contributed by atoms with Crippen LogP contribution in [0.25, 0.3) is 0 Å². The zero-order chi connectivity index (χ0) is 13.0. The number of anilines is 1. The maximum absolute atomic E-state index is 4.54. The second-order valence-corrected chi connectivity index (χ2v) is 5.97. The summed E-state index contributed by atoms with van der Waals surface area (Å²) in [4.78, 5) is 10.8. The average Bonchev–Trinajstić information content (AvgIpc) is 2.79. The van der Waals surface area contributed by atoms with Gasteiger partial charge in [0.1, 0.15) is 0 Å². The molecule has 4 nitrogen and oxygen atoms in total. The van der Waals surface area contributed by atoms with Gasteiger partial charge < -0.3 is 10.2 Å². The fraction of sp³-hybridized carbons (Fsp3) is 0.769. The molecule has 1 aromatic heterocycles. The Bertz CT molecular complexity index is 367. The van der Waals surface area contributed by atoms with Gasteiger partial charge in [-0.15, -0.1) is 23.7 Å². The third kappa shape index (κ3) is 4.60. The van der Waals surface area contributed by atoms with Crippen LogP contribution in [0.3, 0.4) is 0 Å². The fourth-order valence-electron chi connectivity index (χ4n) is 2.39. The van der Waals surface area contributed by atoms with Gasteiger partial charge in [-0.3, -0.25) is 4.90 Å². The van der Waals surface area contributed by atoms with Gasteiger partial charge in [0, 0.05) is 56.4 Å². The van der Waals surface area contributed by atoms with Gasteiger partial charge in [0.25, 0.3) is 0 Å². The van der Waals surface area contributed by atoms with E-state index in [1.165, 1.54) is 4.88 Å². The summed E-state index contributed by atoms with van der Waals surface area (Å²) in [6, 6.07) is 0.605. The standard InChI is InChI=1S/C13H24N4S.ClH/c1-4-17(5-2)13-15-8-12(18-13)10-16-7-6-14-11(3)9-16;/h8,11,14H,4-7,9-10H2,1-3H3;1H. The van der Waals surface area contributed by atoms with Gasteiger partial charge in [-0.05, 0) is 20.8 Å². The maximum atomic E-state index is 4.54. The third-order valence-corrected chi connectivity index (χ3v) is 4.45. The van der Waals surface area contributed by atoms with Crippen molar-refractivity contribution < 1.29 is 0 Å². The molecule has 1 aliphatic rings. The van der Waals surface area contributed by atoms with E-state index in [0.717, 1.165) is 44.4 Å². The largest absolute Gasteiger partial charge is 0.349 e. The van der Waals surface area contributed by atoms with E-state index in [0.29, 0.717) is 6.04 Å². The molecule has 6 heteroatoms. The summed E-state index contributed by atoms with van der Waals surface area (Å²) < 4.78 is 0. The number of halogens is 1. The van der Waals surface area contributed by atoms with Crippen LogP contribution >= 0.6 is 23.7 Å². The number of piperazine rings is 1. The monoisotopic (exact) mass is 304 g/mol. The van der Waals surface area contributed by atoms with E-state index >= 15 is 0 Å². The molecule has 2 heterocycles. The van der Waals surface area contributed by atoms with Crippen molar-refractivity contribution in [1.82, 2.24) is 15.2 Å². The molecule has 0 aromatic carbocycles. The molecule has 1 aromatic rings. The molecule has 0 spiro atoms. The number of rotatable bonds is 5. The van der Waals surface area contributed by atoms with Crippen LogP contribution in [0.2, 0.25) is 0 Å². The van der Waals surface area contributed by atoms with E-state index in [-0.39, 0.29) is 12.4 Å². The molecule has 1 saturated heterocycles. The van der Waals surface area contributed by atoms with Crippen LogP contribution in [0.1, 0.15) is 25.6 Å². The Morgan fingerprint density at radius 2 is 2.21 bits per heavy atom. The van der Waals surface area contributed by atoms with Crippen LogP contribution in [0.15, 0.2) is 6.20 Å². The molecule has 0 saturated carbocycles. The van der Waals surface area contributed by atoms with E-state index in [2.05, 4.69) is 40.9 Å². The fourth-order valence-corrected chi connectivity index (χ4v) is 3.47. The molecule has 110 valence electrons.